The average Bonchev–Trinajstić information content (AvgIpc) is 2.61. The van der Waals surface area contributed by atoms with E-state index in [-0.39, 0.29) is 12.0 Å². The molecule has 0 saturated heterocycles. The third-order valence-corrected chi connectivity index (χ3v) is 3.88. The number of alkyl halides is 3. The summed E-state index contributed by atoms with van der Waals surface area (Å²) in [6.07, 6.45) is -3.37. The summed E-state index contributed by atoms with van der Waals surface area (Å²) in [4.78, 5) is 23.5. The van der Waals surface area contributed by atoms with Crippen LogP contribution in [0.3, 0.4) is 0 Å². The third kappa shape index (κ3) is 5.99. The monoisotopic (exact) mass is 377 g/mol. The van der Waals surface area contributed by atoms with Crippen LogP contribution in [0.4, 0.5) is 13.2 Å². The Hall–Kier alpha value is -3.09. The van der Waals surface area contributed by atoms with Crippen LogP contribution in [0, 0.1) is 0 Å². The average molecular weight is 377 g/mol. The summed E-state index contributed by atoms with van der Waals surface area (Å²) in [5, 5.41) is 11.9. The molecule has 2 rings (SSSR count). The normalized spacial score (nSPS) is 13.1. The molecule has 1 atom stereocenters. The molecule has 0 heterocycles. The largest absolute Gasteiger partial charge is 0.478 e. The van der Waals surface area contributed by atoms with Crippen LogP contribution < -0.4 is 5.32 Å². The van der Waals surface area contributed by atoms with Crippen molar-refractivity contribution in [2.45, 2.75) is 25.6 Å². The first-order valence-electron chi connectivity index (χ1n) is 8.12. The fourth-order valence-electron chi connectivity index (χ4n) is 2.45. The van der Waals surface area contributed by atoms with Crippen LogP contribution in [0.1, 0.15) is 36.1 Å². The molecule has 2 aromatic carbocycles. The van der Waals surface area contributed by atoms with E-state index < -0.39 is 29.7 Å². The highest BCUT2D eigenvalue weighted by molar-refractivity contribution is 5.98. The zero-order valence-electron chi connectivity index (χ0n) is 14.5. The van der Waals surface area contributed by atoms with Gasteiger partial charge in [-0.15, -0.1) is 0 Å². The van der Waals surface area contributed by atoms with Gasteiger partial charge in [0.2, 0.25) is 5.91 Å². The minimum atomic E-state index is -4.43. The molecule has 7 heteroatoms. The van der Waals surface area contributed by atoms with Crippen molar-refractivity contribution in [1.29, 1.82) is 0 Å². The van der Waals surface area contributed by atoms with E-state index in [0.717, 1.165) is 12.1 Å². The van der Waals surface area contributed by atoms with Crippen molar-refractivity contribution < 1.29 is 27.9 Å². The highest BCUT2D eigenvalue weighted by Crippen LogP contribution is 2.29. The van der Waals surface area contributed by atoms with E-state index in [1.54, 1.807) is 37.3 Å². The Bertz CT molecular complexity index is 828. The number of amides is 1. The van der Waals surface area contributed by atoms with Crippen LogP contribution >= 0.6 is 0 Å². The van der Waals surface area contributed by atoms with Gasteiger partial charge in [0.15, 0.2) is 0 Å². The summed E-state index contributed by atoms with van der Waals surface area (Å²) in [5.41, 5.74) is 0.279. The smallest absolute Gasteiger partial charge is 0.416 e. The molecule has 0 bridgehead atoms. The molecule has 0 fully saturated rings. The fourth-order valence-corrected chi connectivity index (χ4v) is 2.45. The lowest BCUT2D eigenvalue weighted by Gasteiger charge is -2.15. The molecule has 2 N–H and O–H groups in total. The Morgan fingerprint density at radius 1 is 1.07 bits per heavy atom. The van der Waals surface area contributed by atoms with Gasteiger partial charge in [-0.3, -0.25) is 4.79 Å². The first kappa shape index (κ1) is 20.2. The Morgan fingerprint density at radius 2 is 1.67 bits per heavy atom. The maximum absolute atomic E-state index is 12.6. The lowest BCUT2D eigenvalue weighted by molar-refractivity contribution is -0.137. The number of hydrogen-bond acceptors (Lipinski definition) is 2. The van der Waals surface area contributed by atoms with Crippen molar-refractivity contribution in [1.82, 2.24) is 5.32 Å². The molecule has 0 spiro atoms. The molecule has 0 aromatic heterocycles. The van der Waals surface area contributed by atoms with Crippen LogP contribution in [-0.2, 0) is 15.8 Å². The minimum Gasteiger partial charge on any atom is -0.478 e. The first-order chi connectivity index (χ1) is 12.7. The maximum Gasteiger partial charge on any atom is 0.416 e. The van der Waals surface area contributed by atoms with Gasteiger partial charge in [-0.05, 0) is 36.3 Å². The first-order valence-corrected chi connectivity index (χ1v) is 8.12. The molecule has 2 aromatic rings. The Balaban J connectivity index is 2.05. The molecular formula is C20H18F3NO3. The Labute approximate surface area is 154 Å². The minimum absolute atomic E-state index is 0.0849. The maximum atomic E-state index is 12.6. The third-order valence-electron chi connectivity index (χ3n) is 3.88. The van der Waals surface area contributed by atoms with Crippen molar-refractivity contribution in [3.05, 3.63) is 76.9 Å². The van der Waals surface area contributed by atoms with E-state index in [2.05, 4.69) is 5.32 Å². The molecular weight excluding hydrogens is 359 g/mol. The number of rotatable bonds is 6. The van der Waals surface area contributed by atoms with Crippen molar-refractivity contribution in [3.63, 3.8) is 0 Å². The zero-order valence-corrected chi connectivity index (χ0v) is 14.5. The molecule has 0 aliphatic carbocycles. The summed E-state index contributed by atoms with van der Waals surface area (Å²) in [7, 11) is 0. The van der Waals surface area contributed by atoms with Gasteiger partial charge >= 0.3 is 12.1 Å². The highest BCUT2D eigenvalue weighted by Gasteiger charge is 2.30. The molecule has 0 radical (unpaired) electrons. The number of carboxylic acids is 1. The van der Waals surface area contributed by atoms with E-state index in [9.17, 15) is 27.9 Å². The van der Waals surface area contributed by atoms with E-state index in [0.29, 0.717) is 11.1 Å². The molecule has 4 nitrogen and oxygen atoms in total. The number of carbonyl (C=O) groups is 2. The second-order valence-electron chi connectivity index (χ2n) is 5.97. The van der Waals surface area contributed by atoms with Gasteiger partial charge in [-0.1, -0.05) is 42.5 Å². The van der Waals surface area contributed by atoms with Gasteiger partial charge in [0, 0.05) is 5.57 Å². The summed E-state index contributed by atoms with van der Waals surface area (Å²) in [5.74, 6) is -1.75. The molecule has 1 amide bonds. The van der Waals surface area contributed by atoms with Gasteiger partial charge in [0.05, 0.1) is 18.0 Å². The van der Waals surface area contributed by atoms with Crippen molar-refractivity contribution >= 4 is 18.0 Å². The quantitative estimate of drug-likeness (QED) is 0.732. The number of carboxylic acid groups (broad SMARTS) is 1. The second-order valence-corrected chi connectivity index (χ2v) is 5.97. The summed E-state index contributed by atoms with van der Waals surface area (Å²) < 4.78 is 37.8. The summed E-state index contributed by atoms with van der Waals surface area (Å²) >= 11 is 0. The van der Waals surface area contributed by atoms with Crippen LogP contribution in [0.5, 0.6) is 0 Å². The van der Waals surface area contributed by atoms with Crippen LogP contribution in [0.2, 0.25) is 0 Å². The van der Waals surface area contributed by atoms with Crippen molar-refractivity contribution in [3.8, 4) is 0 Å². The number of benzene rings is 2. The molecule has 0 saturated carbocycles. The van der Waals surface area contributed by atoms with E-state index in [1.807, 2.05) is 0 Å². The number of carbonyl (C=O) groups excluding carboxylic acids is 1. The standard InChI is InChI=1S/C20H18F3NO3/c1-13(15-7-9-17(10-8-15)20(21,22)23)24-18(25)12-16(19(26)27)11-14-5-3-2-4-6-14/h2-11,13H,12H2,1H3,(H,24,25)(H,26,27)/b16-11+. The van der Waals surface area contributed by atoms with E-state index >= 15 is 0 Å². The molecule has 0 aliphatic heterocycles. The Morgan fingerprint density at radius 3 is 2.19 bits per heavy atom. The SMILES string of the molecule is CC(NC(=O)C/C(=C\c1ccccc1)C(=O)O)c1ccc(C(F)(F)F)cc1. The second kappa shape index (κ2) is 8.53. The van der Waals surface area contributed by atoms with Crippen LogP contribution in [-0.4, -0.2) is 17.0 Å². The predicted molar refractivity (Wildman–Crippen MR) is 94.7 cm³/mol. The lowest BCUT2D eigenvalue weighted by Crippen LogP contribution is -2.27. The highest BCUT2D eigenvalue weighted by atomic mass is 19.4. The number of hydrogen-bond donors (Lipinski definition) is 2. The van der Waals surface area contributed by atoms with Gasteiger partial charge < -0.3 is 10.4 Å². The van der Waals surface area contributed by atoms with Crippen molar-refractivity contribution in [2.24, 2.45) is 0 Å². The number of nitrogens with one attached hydrogen (secondary N) is 1. The molecule has 27 heavy (non-hydrogen) atoms. The van der Waals surface area contributed by atoms with Gasteiger partial charge in [-0.2, -0.15) is 13.2 Å². The van der Waals surface area contributed by atoms with Crippen LogP contribution in [0.25, 0.3) is 6.08 Å². The van der Waals surface area contributed by atoms with Crippen molar-refractivity contribution in [2.75, 3.05) is 0 Å². The van der Waals surface area contributed by atoms with E-state index in [4.69, 9.17) is 0 Å². The van der Waals surface area contributed by atoms with Gasteiger partial charge in [-0.25, -0.2) is 4.79 Å². The predicted octanol–water partition coefficient (Wildman–Crippen LogP) is 4.44. The van der Waals surface area contributed by atoms with Crippen LogP contribution in [0.15, 0.2) is 60.2 Å². The molecule has 1 unspecified atom stereocenters. The summed E-state index contributed by atoms with van der Waals surface area (Å²) in [6, 6.07) is 12.6. The summed E-state index contributed by atoms with van der Waals surface area (Å²) in [6.45, 7) is 1.61. The zero-order chi connectivity index (χ0) is 20.0. The number of halogens is 3. The molecule has 142 valence electrons. The van der Waals surface area contributed by atoms with E-state index in [1.165, 1.54) is 18.2 Å². The Kier molecular flexibility index (Phi) is 6.39. The fraction of sp³-hybridized carbons (Fsp3) is 0.200. The van der Waals surface area contributed by atoms with Gasteiger partial charge in [0.25, 0.3) is 0 Å². The van der Waals surface area contributed by atoms with Gasteiger partial charge in [0.1, 0.15) is 0 Å². The molecule has 0 aliphatic rings. The topological polar surface area (TPSA) is 66.4 Å². The number of aliphatic carboxylic acids is 1. The lowest BCUT2D eigenvalue weighted by atomic mass is 10.0.